The van der Waals surface area contributed by atoms with Crippen LogP contribution >= 0.6 is 11.6 Å². The van der Waals surface area contributed by atoms with Gasteiger partial charge in [-0.1, -0.05) is 12.5 Å². The number of alkyl halides is 1. The van der Waals surface area contributed by atoms with Crippen LogP contribution in [0.3, 0.4) is 0 Å². The highest BCUT2D eigenvalue weighted by molar-refractivity contribution is 6.18. The Labute approximate surface area is 109 Å². The summed E-state index contributed by atoms with van der Waals surface area (Å²) >= 11 is 5.80. The molecule has 1 fully saturated rings. The molecule has 0 bridgehead atoms. The molecule has 2 atom stereocenters. The fourth-order valence-electron chi connectivity index (χ4n) is 2.34. The van der Waals surface area contributed by atoms with Crippen LogP contribution in [0.1, 0.15) is 29.6 Å². The average molecular weight is 274 g/mol. The van der Waals surface area contributed by atoms with Gasteiger partial charge in [-0.05, 0) is 30.9 Å². The Hall–Kier alpha value is -1.16. The number of rotatable bonds is 3. The number of carbonyl (C=O) groups is 1. The van der Waals surface area contributed by atoms with Gasteiger partial charge < -0.3 is 5.32 Å². The van der Waals surface area contributed by atoms with E-state index in [1.807, 2.05) is 0 Å². The number of amides is 1. The van der Waals surface area contributed by atoms with Crippen LogP contribution in [0.15, 0.2) is 18.2 Å². The van der Waals surface area contributed by atoms with Crippen molar-refractivity contribution < 1.29 is 13.6 Å². The molecule has 2 nitrogen and oxygen atoms in total. The Morgan fingerprint density at radius 2 is 2.17 bits per heavy atom. The van der Waals surface area contributed by atoms with E-state index in [-0.39, 0.29) is 17.5 Å². The van der Waals surface area contributed by atoms with Crippen molar-refractivity contribution in [2.75, 3.05) is 5.88 Å². The minimum absolute atomic E-state index is 0.0438. The van der Waals surface area contributed by atoms with Crippen molar-refractivity contribution in [3.63, 3.8) is 0 Å². The minimum Gasteiger partial charge on any atom is -0.349 e. The molecular weight excluding hydrogens is 260 g/mol. The molecule has 0 aliphatic heterocycles. The zero-order chi connectivity index (χ0) is 13.1. The first kappa shape index (κ1) is 13.3. The van der Waals surface area contributed by atoms with Crippen LogP contribution in [0.4, 0.5) is 8.78 Å². The number of hydrogen-bond donors (Lipinski definition) is 1. The van der Waals surface area contributed by atoms with Crippen molar-refractivity contribution in [3.8, 4) is 0 Å². The van der Waals surface area contributed by atoms with Crippen molar-refractivity contribution in [1.82, 2.24) is 5.32 Å². The zero-order valence-corrected chi connectivity index (χ0v) is 10.5. The third-order valence-electron chi connectivity index (χ3n) is 3.37. The fraction of sp³-hybridized carbons (Fsp3) is 0.462. The molecule has 18 heavy (non-hydrogen) atoms. The second kappa shape index (κ2) is 5.65. The maximum atomic E-state index is 13.4. The Morgan fingerprint density at radius 3 is 2.89 bits per heavy atom. The van der Waals surface area contributed by atoms with E-state index in [0.29, 0.717) is 5.88 Å². The summed E-state index contributed by atoms with van der Waals surface area (Å²) in [4.78, 5) is 11.9. The molecule has 0 radical (unpaired) electrons. The summed E-state index contributed by atoms with van der Waals surface area (Å²) in [6, 6.07) is 3.54. The van der Waals surface area contributed by atoms with Crippen LogP contribution in [0.5, 0.6) is 0 Å². The van der Waals surface area contributed by atoms with Gasteiger partial charge >= 0.3 is 0 Å². The lowest BCUT2D eigenvalue weighted by atomic mass is 10.1. The highest BCUT2D eigenvalue weighted by atomic mass is 35.5. The Morgan fingerprint density at radius 1 is 1.39 bits per heavy atom. The first-order valence-electron chi connectivity index (χ1n) is 5.94. The molecule has 2 unspecified atom stereocenters. The summed E-state index contributed by atoms with van der Waals surface area (Å²) in [6.07, 6.45) is 2.79. The summed E-state index contributed by atoms with van der Waals surface area (Å²) in [7, 11) is 0. The smallest absolute Gasteiger partial charge is 0.254 e. The van der Waals surface area contributed by atoms with Gasteiger partial charge in [0.2, 0.25) is 0 Å². The van der Waals surface area contributed by atoms with Crippen LogP contribution in [0, 0.1) is 17.6 Å². The molecule has 1 saturated carbocycles. The average Bonchev–Trinajstić information content (AvgIpc) is 2.79. The largest absolute Gasteiger partial charge is 0.349 e. The minimum atomic E-state index is -1.10. The predicted octanol–water partition coefficient (Wildman–Crippen LogP) is 3.10. The summed E-state index contributed by atoms with van der Waals surface area (Å²) in [5.74, 6) is -2.00. The van der Waals surface area contributed by atoms with Gasteiger partial charge in [-0.2, -0.15) is 0 Å². The molecule has 2 rings (SSSR count). The maximum absolute atomic E-state index is 13.4. The van der Waals surface area contributed by atoms with Crippen LogP contribution in [-0.4, -0.2) is 17.8 Å². The topological polar surface area (TPSA) is 29.1 Å². The van der Waals surface area contributed by atoms with Gasteiger partial charge in [-0.3, -0.25) is 4.79 Å². The fourth-order valence-corrected chi connectivity index (χ4v) is 2.71. The van der Waals surface area contributed by atoms with E-state index in [1.165, 1.54) is 12.1 Å². The molecule has 1 amide bonds. The van der Waals surface area contributed by atoms with Gasteiger partial charge in [0.1, 0.15) is 0 Å². The van der Waals surface area contributed by atoms with E-state index in [9.17, 15) is 13.6 Å². The molecule has 1 aliphatic carbocycles. The normalized spacial score (nSPS) is 23.1. The van der Waals surface area contributed by atoms with Gasteiger partial charge in [0.15, 0.2) is 11.6 Å². The Kier molecular flexibility index (Phi) is 4.17. The third kappa shape index (κ3) is 2.64. The zero-order valence-electron chi connectivity index (χ0n) is 9.76. The van der Waals surface area contributed by atoms with E-state index < -0.39 is 17.5 Å². The van der Waals surface area contributed by atoms with Crippen LogP contribution in [0.2, 0.25) is 0 Å². The summed E-state index contributed by atoms with van der Waals surface area (Å²) in [5.41, 5.74) is -0.254. The lowest BCUT2D eigenvalue weighted by molar-refractivity contribution is 0.0925. The molecule has 0 aromatic heterocycles. The van der Waals surface area contributed by atoms with Gasteiger partial charge in [-0.15, -0.1) is 11.6 Å². The molecule has 1 aliphatic rings. The molecule has 0 heterocycles. The lowest BCUT2D eigenvalue weighted by Gasteiger charge is -2.19. The molecule has 1 aromatic carbocycles. The van der Waals surface area contributed by atoms with Gasteiger partial charge in [0.05, 0.1) is 5.56 Å². The Balaban J connectivity index is 2.10. The van der Waals surface area contributed by atoms with Crippen molar-refractivity contribution in [1.29, 1.82) is 0 Å². The second-order valence-electron chi connectivity index (χ2n) is 4.53. The van der Waals surface area contributed by atoms with Crippen LogP contribution < -0.4 is 5.32 Å². The molecule has 0 spiro atoms. The number of halogens is 3. The van der Waals surface area contributed by atoms with Crippen molar-refractivity contribution in [2.24, 2.45) is 5.92 Å². The standard InChI is InChI=1S/C13H14ClF2NO/c14-7-8-3-1-6-11(8)17-13(18)9-4-2-5-10(15)12(9)16/h2,4-5,8,11H,1,3,6-7H2,(H,17,18). The van der Waals surface area contributed by atoms with Gasteiger partial charge in [0, 0.05) is 11.9 Å². The highest BCUT2D eigenvalue weighted by Gasteiger charge is 2.28. The monoisotopic (exact) mass is 273 g/mol. The van der Waals surface area contributed by atoms with Crippen molar-refractivity contribution >= 4 is 17.5 Å². The first-order chi connectivity index (χ1) is 8.63. The van der Waals surface area contributed by atoms with Crippen molar-refractivity contribution in [3.05, 3.63) is 35.4 Å². The van der Waals surface area contributed by atoms with E-state index in [1.54, 1.807) is 0 Å². The van der Waals surface area contributed by atoms with E-state index >= 15 is 0 Å². The summed E-state index contributed by atoms with van der Waals surface area (Å²) < 4.78 is 26.5. The van der Waals surface area contributed by atoms with Crippen LogP contribution in [-0.2, 0) is 0 Å². The van der Waals surface area contributed by atoms with Gasteiger partial charge in [0.25, 0.3) is 5.91 Å². The lowest BCUT2D eigenvalue weighted by Crippen LogP contribution is -2.38. The molecule has 98 valence electrons. The first-order valence-corrected chi connectivity index (χ1v) is 6.47. The number of nitrogens with one attached hydrogen (secondary N) is 1. The Bertz CT molecular complexity index is 453. The third-order valence-corrected chi connectivity index (χ3v) is 3.77. The number of benzene rings is 1. The van der Waals surface area contributed by atoms with E-state index in [2.05, 4.69) is 5.32 Å². The molecule has 1 aromatic rings. The molecule has 5 heteroatoms. The molecule has 0 saturated heterocycles. The summed E-state index contributed by atoms with van der Waals surface area (Å²) in [5, 5.41) is 2.73. The SMILES string of the molecule is O=C(NC1CCCC1CCl)c1cccc(F)c1F. The number of hydrogen-bond acceptors (Lipinski definition) is 1. The second-order valence-corrected chi connectivity index (χ2v) is 4.84. The maximum Gasteiger partial charge on any atom is 0.254 e. The van der Waals surface area contributed by atoms with E-state index in [0.717, 1.165) is 25.3 Å². The predicted molar refractivity (Wildman–Crippen MR) is 65.7 cm³/mol. The van der Waals surface area contributed by atoms with Crippen LogP contribution in [0.25, 0.3) is 0 Å². The van der Waals surface area contributed by atoms with Gasteiger partial charge in [-0.25, -0.2) is 8.78 Å². The highest BCUT2D eigenvalue weighted by Crippen LogP contribution is 2.27. The number of carbonyl (C=O) groups excluding carboxylic acids is 1. The molecular formula is C13H14ClF2NO. The quantitative estimate of drug-likeness (QED) is 0.843. The molecule has 1 N–H and O–H groups in total. The summed E-state index contributed by atoms with van der Waals surface area (Å²) in [6.45, 7) is 0. The van der Waals surface area contributed by atoms with E-state index in [4.69, 9.17) is 11.6 Å². The van der Waals surface area contributed by atoms with Crippen molar-refractivity contribution in [2.45, 2.75) is 25.3 Å².